The van der Waals surface area contributed by atoms with E-state index in [9.17, 15) is 59.1 Å². The van der Waals surface area contributed by atoms with Crippen molar-refractivity contribution in [3.05, 3.63) is 0 Å². The lowest BCUT2D eigenvalue weighted by atomic mass is 9.96. The number of ether oxygens (including phenoxy) is 13. The van der Waals surface area contributed by atoms with Crippen molar-refractivity contribution in [3.8, 4) is 0 Å². The summed E-state index contributed by atoms with van der Waals surface area (Å²) in [7, 11) is 4.15. The van der Waals surface area contributed by atoms with Gasteiger partial charge in [0.15, 0.2) is 55.7 Å². The van der Waals surface area contributed by atoms with Gasteiger partial charge in [0, 0.05) is 60.4 Å². The van der Waals surface area contributed by atoms with E-state index in [0.29, 0.717) is 38.5 Å². The monoisotopic (exact) mass is 1310 g/mol. The van der Waals surface area contributed by atoms with Crippen LogP contribution in [0.4, 0.5) is 0 Å². The van der Waals surface area contributed by atoms with Gasteiger partial charge >= 0.3 is 29.8 Å². The highest BCUT2D eigenvalue weighted by molar-refractivity contribution is 5.78. The van der Waals surface area contributed by atoms with Crippen LogP contribution in [0.5, 0.6) is 0 Å². The number of nitrogens with zero attached hydrogens (tertiary/aromatic N) is 1. The first-order chi connectivity index (χ1) is 43.3. The lowest BCUT2D eigenvalue weighted by molar-refractivity contribution is -0.380. The Morgan fingerprint density at radius 1 is 0.462 bits per heavy atom. The standard InChI is InChI=1S/C64H110N2O25/c1-39(2)34-48(46(73)30-24-19-16-18-23-29-45(72)28-22-17-14-12-10-11-13-15-20-25-31-52(75)65-32-26-21-27-33-66(8)9)88-63-59(91-62-55(78)57(85-42(5)69)50(37-81-62)83-40(3)67)56(47(74)35-79-63)90-61-54(77)53(76)49(36-80-61)89-64-60(87-44(7)71)58(86-43(6)70)51(38-82-64)84-41(4)68/h39,46-51,53-64,73-74,76-78H,10-38H2,1-9H3,(H,65,75)/t46-,47+,48-,49+,50-,51-,53-,54+,55+,56-,57-,58-,59+,60+,61-,62-,63-,64-/m0/s1. The van der Waals surface area contributed by atoms with Crippen molar-refractivity contribution in [1.29, 1.82) is 0 Å². The molecule has 18 atom stereocenters. The van der Waals surface area contributed by atoms with Crippen LogP contribution in [-0.2, 0) is 95.1 Å². The maximum atomic E-state index is 12.7. The molecule has 0 spiro atoms. The molecular weight excluding hydrogens is 1200 g/mol. The van der Waals surface area contributed by atoms with Gasteiger partial charge in [-0.25, -0.2) is 0 Å². The molecule has 0 aromatic rings. The fourth-order valence-corrected chi connectivity index (χ4v) is 11.6. The third-order valence-corrected chi connectivity index (χ3v) is 16.2. The minimum atomic E-state index is -1.96. The molecule has 526 valence electrons. The Bertz CT molecular complexity index is 2140. The number of rotatable bonds is 43. The predicted molar refractivity (Wildman–Crippen MR) is 324 cm³/mol. The largest absolute Gasteiger partial charge is 0.456 e. The van der Waals surface area contributed by atoms with Crippen LogP contribution >= 0.6 is 0 Å². The molecule has 0 aromatic carbocycles. The minimum Gasteiger partial charge on any atom is -0.456 e. The Morgan fingerprint density at radius 2 is 0.912 bits per heavy atom. The number of aliphatic hydroxyl groups is 5. The number of nitrogens with one attached hydrogen (secondary N) is 1. The number of amides is 1. The normalized spacial score (nSPS) is 29.2. The molecule has 91 heavy (non-hydrogen) atoms. The highest BCUT2D eigenvalue weighted by Gasteiger charge is 2.54. The molecule has 27 heteroatoms. The van der Waals surface area contributed by atoms with E-state index in [0.717, 1.165) is 131 Å². The molecule has 4 aliphatic rings. The smallest absolute Gasteiger partial charge is 0.303 e. The zero-order valence-corrected chi connectivity index (χ0v) is 55.3. The first-order valence-corrected chi connectivity index (χ1v) is 33.1. The fourth-order valence-electron chi connectivity index (χ4n) is 11.6. The number of ketones is 1. The topological polar surface area (TPSA) is 356 Å². The summed E-state index contributed by atoms with van der Waals surface area (Å²) in [6.45, 7) is 9.36. The van der Waals surface area contributed by atoms with Crippen LogP contribution in [0.1, 0.15) is 196 Å². The van der Waals surface area contributed by atoms with E-state index in [2.05, 4.69) is 24.3 Å². The van der Waals surface area contributed by atoms with Crippen molar-refractivity contribution in [2.75, 3.05) is 53.6 Å². The van der Waals surface area contributed by atoms with Gasteiger partial charge in [-0.15, -0.1) is 0 Å². The second-order valence-electron chi connectivity index (χ2n) is 25.2. The molecule has 4 fully saturated rings. The van der Waals surface area contributed by atoms with Gasteiger partial charge in [0.25, 0.3) is 0 Å². The van der Waals surface area contributed by atoms with Gasteiger partial charge in [0.05, 0.1) is 38.6 Å². The van der Waals surface area contributed by atoms with Crippen LogP contribution in [0.3, 0.4) is 0 Å². The molecule has 4 aliphatic heterocycles. The number of carbonyl (C=O) groups excluding carboxylic acids is 7. The molecule has 4 rings (SSSR count). The van der Waals surface area contributed by atoms with Crippen LogP contribution < -0.4 is 5.32 Å². The summed E-state index contributed by atoms with van der Waals surface area (Å²) in [4.78, 5) is 87.6. The lowest BCUT2D eigenvalue weighted by Gasteiger charge is -2.47. The van der Waals surface area contributed by atoms with Crippen molar-refractivity contribution in [3.63, 3.8) is 0 Å². The van der Waals surface area contributed by atoms with E-state index in [4.69, 9.17) is 61.6 Å². The third kappa shape index (κ3) is 30.0. The Labute approximate surface area is 537 Å². The molecule has 0 radical (unpaired) electrons. The Balaban J connectivity index is 1.29. The predicted octanol–water partition coefficient (Wildman–Crippen LogP) is 4.29. The molecule has 0 unspecified atom stereocenters. The van der Waals surface area contributed by atoms with Crippen molar-refractivity contribution < 1.29 is 121 Å². The average Bonchev–Trinajstić information content (AvgIpc) is 0.828. The first kappa shape index (κ1) is 79.4. The van der Waals surface area contributed by atoms with Crippen molar-refractivity contribution in [2.24, 2.45) is 5.92 Å². The van der Waals surface area contributed by atoms with Gasteiger partial charge in [-0.05, 0) is 71.5 Å². The van der Waals surface area contributed by atoms with Gasteiger partial charge in [-0.3, -0.25) is 33.6 Å². The fraction of sp³-hybridized carbons (Fsp3) is 0.891. The highest BCUT2D eigenvalue weighted by atomic mass is 16.8. The van der Waals surface area contributed by atoms with Crippen molar-refractivity contribution >= 4 is 41.5 Å². The van der Waals surface area contributed by atoms with Gasteiger partial charge in [-0.2, -0.15) is 0 Å². The number of hydrogen-bond acceptors (Lipinski definition) is 26. The SMILES string of the molecule is CC(=O)O[C@@H]1[C@@H](O)[C@H](O[C@H]2[C@H](O[C@@H](CC(C)C)[C@@H](O)CCCCCCCC(=O)CCCCCCCCCCCCC(=O)NCCCCCN(C)C)OC[C@@H](O)[C@@H]2O[C@@H]2OC[C@@H](O[C@@H]3OC[C@H](OC(C)=O)[C@H](OC(C)=O)[C@H]3OC(C)=O)[C@H](O)[C@H]2O)OC[C@@H]1OC(C)=O. The van der Waals surface area contributed by atoms with Crippen LogP contribution in [0.25, 0.3) is 0 Å². The summed E-state index contributed by atoms with van der Waals surface area (Å²) in [5.41, 5.74) is 0. The maximum absolute atomic E-state index is 12.7. The molecule has 1 amide bonds. The van der Waals surface area contributed by atoms with Crippen molar-refractivity contribution in [2.45, 2.75) is 307 Å². The molecule has 0 saturated carbocycles. The van der Waals surface area contributed by atoms with Gasteiger partial charge in [0.1, 0.15) is 48.5 Å². The summed E-state index contributed by atoms with van der Waals surface area (Å²) in [5.74, 6) is -3.57. The molecule has 4 heterocycles. The van der Waals surface area contributed by atoms with Crippen LogP contribution in [0.2, 0.25) is 0 Å². The quantitative estimate of drug-likeness (QED) is 0.0282. The van der Waals surface area contributed by atoms with Gasteiger partial charge in [0.2, 0.25) is 5.91 Å². The minimum absolute atomic E-state index is 0.0192. The molecule has 0 aromatic heterocycles. The number of Topliss-reactive ketones (excluding diaryl/α,β-unsaturated/α-hetero) is 1. The van der Waals surface area contributed by atoms with E-state index in [1.807, 2.05) is 13.8 Å². The lowest BCUT2D eigenvalue weighted by Crippen LogP contribution is -2.65. The summed E-state index contributed by atoms with van der Waals surface area (Å²) in [6, 6.07) is 0. The Morgan fingerprint density at radius 3 is 1.46 bits per heavy atom. The molecule has 4 saturated heterocycles. The second kappa shape index (κ2) is 43.1. The van der Waals surface area contributed by atoms with E-state index in [-0.39, 0.29) is 17.6 Å². The second-order valence-corrected chi connectivity index (χ2v) is 25.2. The number of hydrogen-bond donors (Lipinski definition) is 6. The number of carbonyl (C=O) groups is 7. The zero-order chi connectivity index (χ0) is 67.0. The Hall–Kier alpha value is -4.07. The molecular formula is C64H110N2O25. The van der Waals surface area contributed by atoms with E-state index in [1.165, 1.54) is 25.7 Å². The summed E-state index contributed by atoms with van der Waals surface area (Å²) < 4.78 is 75.4. The van der Waals surface area contributed by atoms with Crippen LogP contribution in [0.15, 0.2) is 0 Å². The summed E-state index contributed by atoms with van der Waals surface area (Å²) >= 11 is 0. The first-order valence-electron chi connectivity index (χ1n) is 33.1. The molecule has 0 aliphatic carbocycles. The molecule has 0 bridgehead atoms. The highest BCUT2D eigenvalue weighted by Crippen LogP contribution is 2.35. The average molecular weight is 1310 g/mol. The third-order valence-electron chi connectivity index (χ3n) is 16.2. The molecule has 6 N–H and O–H groups in total. The zero-order valence-electron chi connectivity index (χ0n) is 55.3. The van der Waals surface area contributed by atoms with Gasteiger partial charge in [-0.1, -0.05) is 97.3 Å². The van der Waals surface area contributed by atoms with Crippen LogP contribution in [0, 0.1) is 5.92 Å². The summed E-state index contributed by atoms with van der Waals surface area (Å²) in [5, 5.41) is 61.2. The molecule has 27 nitrogen and oxygen atoms in total. The van der Waals surface area contributed by atoms with Crippen molar-refractivity contribution in [1.82, 2.24) is 10.2 Å². The van der Waals surface area contributed by atoms with E-state index < -0.39 is 167 Å². The maximum Gasteiger partial charge on any atom is 0.303 e. The van der Waals surface area contributed by atoms with Gasteiger partial charge < -0.3 is 97.3 Å². The number of unbranched alkanes of at least 4 members (excludes halogenated alkanes) is 15. The Kier molecular flexibility index (Phi) is 37.6. The van der Waals surface area contributed by atoms with E-state index >= 15 is 0 Å². The van der Waals surface area contributed by atoms with E-state index in [1.54, 1.807) is 0 Å². The number of esters is 5. The van der Waals surface area contributed by atoms with Crippen LogP contribution in [-0.4, -0.2) is 236 Å². The number of aliphatic hydroxyl groups excluding tert-OH is 5. The summed E-state index contributed by atoms with van der Waals surface area (Å²) in [6.07, 6.45) is -6.65.